The molecule has 1 aliphatic rings. The fourth-order valence-corrected chi connectivity index (χ4v) is 2.91. The van der Waals surface area contributed by atoms with E-state index in [1.807, 2.05) is 26.0 Å². The predicted molar refractivity (Wildman–Crippen MR) is 101 cm³/mol. The van der Waals surface area contributed by atoms with Gasteiger partial charge >= 0.3 is 0 Å². The van der Waals surface area contributed by atoms with Gasteiger partial charge in [0.1, 0.15) is 0 Å². The molecule has 0 radical (unpaired) electrons. The number of halogens is 1. The second-order valence-corrected chi connectivity index (χ2v) is 5.87. The van der Waals surface area contributed by atoms with Gasteiger partial charge in [-0.25, -0.2) is 0 Å². The van der Waals surface area contributed by atoms with Gasteiger partial charge in [0.15, 0.2) is 16.7 Å². The first-order valence-corrected chi connectivity index (χ1v) is 7.91. The van der Waals surface area contributed by atoms with E-state index in [4.69, 9.17) is 14.2 Å². The number of rotatable bonds is 5. The van der Waals surface area contributed by atoms with Gasteiger partial charge in [0.25, 0.3) is 0 Å². The van der Waals surface area contributed by atoms with Crippen molar-refractivity contribution in [2.24, 2.45) is 10.1 Å². The molecule has 0 aliphatic carbocycles. The molecule has 0 atom stereocenters. The van der Waals surface area contributed by atoms with E-state index in [0.717, 1.165) is 22.2 Å². The number of hydrazone groups is 1. The van der Waals surface area contributed by atoms with Gasteiger partial charge in [-0.3, -0.25) is 10.4 Å². The van der Waals surface area contributed by atoms with Crippen molar-refractivity contribution in [3.8, 4) is 17.2 Å². The van der Waals surface area contributed by atoms with E-state index >= 15 is 0 Å². The molecule has 1 heterocycles. The summed E-state index contributed by atoms with van der Waals surface area (Å²) in [6.45, 7) is 4.07. The quantitative estimate of drug-likeness (QED) is 0.817. The summed E-state index contributed by atoms with van der Waals surface area (Å²) in [4.78, 5) is 4.45. The van der Waals surface area contributed by atoms with Gasteiger partial charge < -0.3 is 14.2 Å². The number of hydrogen-bond acceptors (Lipinski definition) is 6. The molecule has 6 nitrogen and oxygen atoms in total. The maximum absolute atomic E-state index is 5.37. The standard InChI is InChI=1S/C15H21N3O3S.BrH/c1-9(2)16-15-18-17-11(8-22-15)10-6-12(19-3)14(21-5)13(7-10)20-4;/h6-7,9H,8H2,1-5H3,(H,16,18);1H. The zero-order chi connectivity index (χ0) is 16.1. The third-order valence-electron chi connectivity index (χ3n) is 3.01. The van der Waals surface area contributed by atoms with Crippen molar-refractivity contribution in [1.82, 2.24) is 5.43 Å². The van der Waals surface area contributed by atoms with Crippen LogP contribution in [0.2, 0.25) is 0 Å². The van der Waals surface area contributed by atoms with Gasteiger partial charge in [-0.15, -0.1) is 17.0 Å². The molecule has 0 saturated carbocycles. The van der Waals surface area contributed by atoms with E-state index in [1.54, 1.807) is 33.1 Å². The van der Waals surface area contributed by atoms with Crippen LogP contribution in [0.5, 0.6) is 17.2 Å². The van der Waals surface area contributed by atoms with E-state index in [0.29, 0.717) is 17.2 Å². The van der Waals surface area contributed by atoms with E-state index < -0.39 is 0 Å². The second kappa shape index (κ2) is 9.02. The minimum absolute atomic E-state index is 0. The lowest BCUT2D eigenvalue weighted by molar-refractivity contribution is 0.324. The molecule has 0 fully saturated rings. The van der Waals surface area contributed by atoms with E-state index in [2.05, 4.69) is 15.5 Å². The van der Waals surface area contributed by atoms with Crippen LogP contribution in [0.1, 0.15) is 19.4 Å². The number of methoxy groups -OCH3 is 3. The van der Waals surface area contributed by atoms with Gasteiger partial charge in [0.05, 0.1) is 27.0 Å². The minimum atomic E-state index is 0. The van der Waals surface area contributed by atoms with E-state index in [1.165, 1.54) is 0 Å². The summed E-state index contributed by atoms with van der Waals surface area (Å²) < 4.78 is 16.1. The maximum Gasteiger partial charge on any atom is 0.203 e. The Hall–Kier alpha value is -1.41. The van der Waals surface area contributed by atoms with E-state index in [-0.39, 0.29) is 23.0 Å². The normalized spacial score (nSPS) is 15.6. The number of aliphatic imine (C=N–C) groups is 1. The largest absolute Gasteiger partial charge is 0.493 e. The summed E-state index contributed by atoms with van der Waals surface area (Å²) >= 11 is 1.63. The van der Waals surface area contributed by atoms with Crippen molar-refractivity contribution in [2.45, 2.75) is 19.9 Å². The number of ether oxygens (including phenoxy) is 3. The number of thioether (sulfide) groups is 1. The van der Waals surface area contributed by atoms with Gasteiger partial charge in [-0.1, -0.05) is 11.8 Å². The van der Waals surface area contributed by atoms with Gasteiger partial charge in [0, 0.05) is 17.4 Å². The third-order valence-corrected chi connectivity index (χ3v) is 3.89. The lowest BCUT2D eigenvalue weighted by Crippen LogP contribution is -2.26. The van der Waals surface area contributed by atoms with Gasteiger partial charge in [-0.05, 0) is 26.0 Å². The van der Waals surface area contributed by atoms with Crippen molar-refractivity contribution in [3.63, 3.8) is 0 Å². The van der Waals surface area contributed by atoms with Crippen LogP contribution in [0.4, 0.5) is 0 Å². The summed E-state index contributed by atoms with van der Waals surface area (Å²) in [5, 5.41) is 5.24. The lowest BCUT2D eigenvalue weighted by Gasteiger charge is -2.18. The number of nitrogens with one attached hydrogen (secondary N) is 1. The van der Waals surface area contributed by atoms with Crippen LogP contribution in [0.3, 0.4) is 0 Å². The molecule has 23 heavy (non-hydrogen) atoms. The Bertz CT molecular complexity index is 581. The van der Waals surface area contributed by atoms with Crippen molar-refractivity contribution >= 4 is 39.6 Å². The molecule has 0 saturated heterocycles. The summed E-state index contributed by atoms with van der Waals surface area (Å²) in [7, 11) is 4.79. The monoisotopic (exact) mass is 403 g/mol. The molecule has 0 aromatic heterocycles. The topological polar surface area (TPSA) is 64.4 Å². The average Bonchev–Trinajstić information content (AvgIpc) is 2.53. The third kappa shape index (κ3) is 4.78. The summed E-state index contributed by atoms with van der Waals surface area (Å²) in [6, 6.07) is 4.04. The Balaban J connectivity index is 0.00000264. The van der Waals surface area contributed by atoms with Crippen molar-refractivity contribution in [3.05, 3.63) is 17.7 Å². The van der Waals surface area contributed by atoms with E-state index in [9.17, 15) is 0 Å². The van der Waals surface area contributed by atoms with Crippen molar-refractivity contribution in [1.29, 1.82) is 0 Å². The Labute approximate surface area is 151 Å². The fraction of sp³-hybridized carbons (Fsp3) is 0.467. The molecule has 1 aliphatic heterocycles. The first-order valence-electron chi connectivity index (χ1n) is 6.92. The summed E-state index contributed by atoms with van der Waals surface area (Å²) in [6.07, 6.45) is 0. The average molecular weight is 404 g/mol. The highest BCUT2D eigenvalue weighted by molar-refractivity contribution is 8.93. The molecule has 0 amide bonds. The first kappa shape index (κ1) is 19.6. The van der Waals surface area contributed by atoms with Crippen LogP contribution in [-0.2, 0) is 0 Å². The zero-order valence-corrected chi connectivity index (χ0v) is 16.4. The number of hydrogen-bond donors (Lipinski definition) is 1. The Morgan fingerprint density at radius 1 is 1.13 bits per heavy atom. The molecule has 0 unspecified atom stereocenters. The summed E-state index contributed by atoms with van der Waals surface area (Å²) in [5.74, 6) is 2.54. The molecule has 1 N–H and O–H groups in total. The molecule has 1 aromatic carbocycles. The lowest BCUT2D eigenvalue weighted by atomic mass is 10.1. The molecule has 2 rings (SSSR count). The smallest absolute Gasteiger partial charge is 0.203 e. The number of nitrogens with zero attached hydrogens (tertiary/aromatic N) is 2. The van der Waals surface area contributed by atoms with Crippen LogP contribution < -0.4 is 19.6 Å². The highest BCUT2D eigenvalue weighted by Gasteiger charge is 2.19. The minimum Gasteiger partial charge on any atom is -0.493 e. The van der Waals surface area contributed by atoms with Crippen LogP contribution >= 0.6 is 28.7 Å². The SMILES string of the molecule is Br.COc1cc(C2=NNC(=NC(C)C)SC2)cc(OC)c1OC. The maximum atomic E-state index is 5.37. The van der Waals surface area contributed by atoms with Crippen LogP contribution in [0.15, 0.2) is 22.2 Å². The fourth-order valence-electron chi connectivity index (χ4n) is 2.01. The highest BCUT2D eigenvalue weighted by Crippen LogP contribution is 2.38. The number of benzene rings is 1. The van der Waals surface area contributed by atoms with Gasteiger partial charge in [-0.2, -0.15) is 5.10 Å². The second-order valence-electron chi connectivity index (χ2n) is 4.90. The van der Waals surface area contributed by atoms with Crippen LogP contribution in [0.25, 0.3) is 0 Å². The molecule has 1 aromatic rings. The molecular formula is C15H22BrN3O3S. The Morgan fingerprint density at radius 2 is 1.74 bits per heavy atom. The van der Waals surface area contributed by atoms with Crippen molar-refractivity contribution < 1.29 is 14.2 Å². The van der Waals surface area contributed by atoms with Gasteiger partial charge in [0.2, 0.25) is 5.75 Å². The highest BCUT2D eigenvalue weighted by atomic mass is 79.9. The zero-order valence-electron chi connectivity index (χ0n) is 13.9. The first-order chi connectivity index (χ1) is 10.6. The number of amidine groups is 1. The molecule has 0 bridgehead atoms. The predicted octanol–water partition coefficient (Wildman–Crippen LogP) is 3.10. The van der Waals surface area contributed by atoms with Crippen LogP contribution in [-0.4, -0.2) is 44.0 Å². The molecule has 0 spiro atoms. The Morgan fingerprint density at radius 3 is 2.13 bits per heavy atom. The summed E-state index contributed by atoms with van der Waals surface area (Å²) in [5.41, 5.74) is 4.83. The van der Waals surface area contributed by atoms with Crippen LogP contribution in [0, 0.1) is 0 Å². The Kier molecular flexibility index (Phi) is 7.70. The molecule has 8 heteroatoms. The molecular weight excluding hydrogens is 382 g/mol. The molecule has 128 valence electrons. The van der Waals surface area contributed by atoms with Crippen molar-refractivity contribution in [2.75, 3.05) is 27.1 Å².